The van der Waals surface area contributed by atoms with Gasteiger partial charge in [0.15, 0.2) is 6.61 Å². The standard InChI is InChI=1S/C15H16N2O3/c1-11-5-6-12(2)14(8-11)20-10-15(18)17-16-9-13-4-3-7-19-13/h3-9H,10H2,1-2H3,(H,17,18)/b16-9+. The van der Waals surface area contributed by atoms with Gasteiger partial charge in [0.2, 0.25) is 0 Å². The van der Waals surface area contributed by atoms with E-state index >= 15 is 0 Å². The number of carbonyl (C=O) groups excluding carboxylic acids is 1. The molecule has 0 spiro atoms. The summed E-state index contributed by atoms with van der Waals surface area (Å²) in [6.07, 6.45) is 2.96. The summed E-state index contributed by atoms with van der Waals surface area (Å²) < 4.78 is 10.5. The van der Waals surface area contributed by atoms with Gasteiger partial charge in [-0.3, -0.25) is 4.79 Å². The lowest BCUT2D eigenvalue weighted by molar-refractivity contribution is -0.123. The van der Waals surface area contributed by atoms with E-state index in [0.717, 1.165) is 11.1 Å². The Morgan fingerprint density at radius 1 is 1.40 bits per heavy atom. The molecular formula is C15H16N2O3. The topological polar surface area (TPSA) is 63.8 Å². The van der Waals surface area contributed by atoms with Crippen molar-refractivity contribution in [1.82, 2.24) is 5.43 Å². The molecule has 1 aromatic carbocycles. The van der Waals surface area contributed by atoms with E-state index in [1.807, 2.05) is 32.0 Å². The van der Waals surface area contributed by atoms with E-state index in [0.29, 0.717) is 11.5 Å². The van der Waals surface area contributed by atoms with Crippen molar-refractivity contribution in [2.75, 3.05) is 6.61 Å². The van der Waals surface area contributed by atoms with Crippen molar-refractivity contribution < 1.29 is 13.9 Å². The van der Waals surface area contributed by atoms with Gasteiger partial charge in [-0.1, -0.05) is 12.1 Å². The minimum absolute atomic E-state index is 0.0835. The summed E-state index contributed by atoms with van der Waals surface area (Å²) in [6, 6.07) is 9.33. The molecule has 0 aliphatic heterocycles. The van der Waals surface area contributed by atoms with Crippen LogP contribution in [0, 0.1) is 13.8 Å². The smallest absolute Gasteiger partial charge is 0.277 e. The van der Waals surface area contributed by atoms with Gasteiger partial charge in [0.05, 0.1) is 12.5 Å². The number of benzene rings is 1. The largest absolute Gasteiger partial charge is 0.483 e. The summed E-state index contributed by atoms with van der Waals surface area (Å²) >= 11 is 0. The number of rotatable bonds is 5. The highest BCUT2D eigenvalue weighted by molar-refractivity contribution is 5.81. The number of amides is 1. The molecule has 2 rings (SSSR count). The van der Waals surface area contributed by atoms with E-state index in [1.165, 1.54) is 12.5 Å². The second kappa shape index (κ2) is 6.56. The number of nitrogens with zero attached hydrogens (tertiary/aromatic N) is 1. The Kier molecular flexibility index (Phi) is 4.55. The summed E-state index contributed by atoms with van der Waals surface area (Å²) in [5.74, 6) is 0.949. The van der Waals surface area contributed by atoms with E-state index < -0.39 is 0 Å². The molecular weight excluding hydrogens is 256 g/mol. The van der Waals surface area contributed by atoms with Crippen LogP contribution in [0.1, 0.15) is 16.9 Å². The van der Waals surface area contributed by atoms with Crippen molar-refractivity contribution >= 4 is 12.1 Å². The zero-order valence-corrected chi connectivity index (χ0v) is 11.4. The second-order valence-electron chi connectivity index (χ2n) is 4.37. The number of hydrogen-bond acceptors (Lipinski definition) is 4. The van der Waals surface area contributed by atoms with Crippen molar-refractivity contribution in [3.05, 3.63) is 53.5 Å². The predicted octanol–water partition coefficient (Wildman–Crippen LogP) is 2.43. The average molecular weight is 272 g/mol. The second-order valence-corrected chi connectivity index (χ2v) is 4.37. The fourth-order valence-corrected chi connectivity index (χ4v) is 1.57. The van der Waals surface area contributed by atoms with Crippen LogP contribution in [0.25, 0.3) is 0 Å². The first kappa shape index (κ1) is 13.9. The lowest BCUT2D eigenvalue weighted by atomic mass is 10.1. The molecule has 20 heavy (non-hydrogen) atoms. The molecule has 0 aliphatic carbocycles. The Balaban J connectivity index is 1.82. The number of aryl methyl sites for hydroxylation is 2. The number of furan rings is 1. The summed E-state index contributed by atoms with van der Waals surface area (Å²) in [5.41, 5.74) is 4.44. The van der Waals surface area contributed by atoms with E-state index in [4.69, 9.17) is 9.15 Å². The van der Waals surface area contributed by atoms with Gasteiger partial charge in [-0.05, 0) is 43.2 Å². The first-order valence-corrected chi connectivity index (χ1v) is 6.20. The Morgan fingerprint density at radius 3 is 3.00 bits per heavy atom. The molecule has 1 heterocycles. The fourth-order valence-electron chi connectivity index (χ4n) is 1.57. The van der Waals surface area contributed by atoms with Gasteiger partial charge in [-0.25, -0.2) is 5.43 Å². The van der Waals surface area contributed by atoms with Crippen molar-refractivity contribution in [2.45, 2.75) is 13.8 Å². The number of hydrazone groups is 1. The predicted molar refractivity (Wildman–Crippen MR) is 75.9 cm³/mol. The lowest BCUT2D eigenvalue weighted by Crippen LogP contribution is -2.24. The van der Waals surface area contributed by atoms with E-state index in [1.54, 1.807) is 12.1 Å². The molecule has 5 heteroatoms. The molecule has 0 fully saturated rings. The fraction of sp³-hybridized carbons (Fsp3) is 0.200. The maximum Gasteiger partial charge on any atom is 0.277 e. The van der Waals surface area contributed by atoms with Crippen LogP contribution in [0.5, 0.6) is 5.75 Å². The summed E-state index contributed by atoms with van der Waals surface area (Å²) in [7, 11) is 0. The van der Waals surface area contributed by atoms with Crippen LogP contribution in [0.15, 0.2) is 46.1 Å². The van der Waals surface area contributed by atoms with Crippen LogP contribution in [0.3, 0.4) is 0 Å². The van der Waals surface area contributed by atoms with Crippen LogP contribution in [0.2, 0.25) is 0 Å². The van der Waals surface area contributed by atoms with E-state index in [9.17, 15) is 4.79 Å². The van der Waals surface area contributed by atoms with E-state index in [2.05, 4.69) is 10.5 Å². The maximum absolute atomic E-state index is 11.6. The number of hydrogen-bond donors (Lipinski definition) is 1. The van der Waals surface area contributed by atoms with Gasteiger partial charge < -0.3 is 9.15 Å². The highest BCUT2D eigenvalue weighted by atomic mass is 16.5. The molecule has 5 nitrogen and oxygen atoms in total. The molecule has 104 valence electrons. The van der Waals surface area contributed by atoms with Crippen molar-refractivity contribution in [1.29, 1.82) is 0 Å². The quantitative estimate of drug-likeness (QED) is 0.671. The normalized spacial score (nSPS) is 10.7. The Hall–Kier alpha value is -2.56. The highest BCUT2D eigenvalue weighted by Crippen LogP contribution is 2.18. The summed E-state index contributed by atoms with van der Waals surface area (Å²) in [6.45, 7) is 3.82. The van der Waals surface area contributed by atoms with Gasteiger partial charge in [0.1, 0.15) is 11.5 Å². The molecule has 0 saturated carbocycles. The van der Waals surface area contributed by atoms with Gasteiger partial charge >= 0.3 is 0 Å². The molecule has 0 atom stereocenters. The van der Waals surface area contributed by atoms with Crippen molar-refractivity contribution in [3.8, 4) is 5.75 Å². The van der Waals surface area contributed by atoms with Gasteiger partial charge in [-0.15, -0.1) is 0 Å². The average Bonchev–Trinajstić information content (AvgIpc) is 2.93. The van der Waals surface area contributed by atoms with Gasteiger partial charge in [0, 0.05) is 0 Å². The van der Waals surface area contributed by atoms with Crippen LogP contribution < -0.4 is 10.2 Å². The maximum atomic E-state index is 11.6. The molecule has 1 N–H and O–H groups in total. The minimum atomic E-state index is -0.325. The first-order valence-electron chi connectivity index (χ1n) is 6.20. The minimum Gasteiger partial charge on any atom is -0.483 e. The lowest BCUT2D eigenvalue weighted by Gasteiger charge is -2.08. The first-order chi connectivity index (χ1) is 9.65. The van der Waals surface area contributed by atoms with Gasteiger partial charge in [0.25, 0.3) is 5.91 Å². The van der Waals surface area contributed by atoms with Crippen LogP contribution >= 0.6 is 0 Å². The molecule has 1 aromatic heterocycles. The summed E-state index contributed by atoms with van der Waals surface area (Å²) in [5, 5.41) is 3.77. The van der Waals surface area contributed by atoms with Crippen molar-refractivity contribution in [2.24, 2.45) is 5.10 Å². The molecule has 2 aromatic rings. The number of carbonyl (C=O) groups is 1. The molecule has 0 radical (unpaired) electrons. The third-order valence-corrected chi connectivity index (χ3v) is 2.63. The SMILES string of the molecule is Cc1ccc(C)c(OCC(=O)N/N=C/c2ccco2)c1. The molecule has 0 unspecified atom stereocenters. The molecule has 0 bridgehead atoms. The zero-order valence-electron chi connectivity index (χ0n) is 11.4. The monoisotopic (exact) mass is 272 g/mol. The highest BCUT2D eigenvalue weighted by Gasteiger charge is 2.04. The Morgan fingerprint density at radius 2 is 2.25 bits per heavy atom. The number of nitrogens with one attached hydrogen (secondary N) is 1. The summed E-state index contributed by atoms with van der Waals surface area (Å²) in [4.78, 5) is 11.6. The Bertz CT molecular complexity index is 604. The zero-order chi connectivity index (χ0) is 14.4. The van der Waals surface area contributed by atoms with Crippen molar-refractivity contribution in [3.63, 3.8) is 0 Å². The molecule has 0 saturated heterocycles. The van der Waals surface area contributed by atoms with Crippen LogP contribution in [0.4, 0.5) is 0 Å². The third kappa shape index (κ3) is 3.98. The van der Waals surface area contributed by atoms with Crippen LogP contribution in [-0.2, 0) is 4.79 Å². The molecule has 1 amide bonds. The van der Waals surface area contributed by atoms with Crippen LogP contribution in [-0.4, -0.2) is 18.7 Å². The Labute approximate surface area is 117 Å². The van der Waals surface area contributed by atoms with Gasteiger partial charge in [-0.2, -0.15) is 5.10 Å². The third-order valence-electron chi connectivity index (χ3n) is 2.63. The van der Waals surface area contributed by atoms with E-state index in [-0.39, 0.29) is 12.5 Å². The number of ether oxygens (including phenoxy) is 1. The molecule has 0 aliphatic rings.